The number of carboxylic acid groups (broad SMARTS) is 1. The first-order chi connectivity index (χ1) is 14.1. The molecular weight excluding hydrogens is 457 g/mol. The zero-order valence-corrected chi connectivity index (χ0v) is 20.2. The molecule has 1 fully saturated rings. The van der Waals surface area contributed by atoms with E-state index in [2.05, 4.69) is 20.9 Å². The summed E-state index contributed by atoms with van der Waals surface area (Å²) >= 11 is 3.55. The Balaban J connectivity index is 0.00000256. The van der Waals surface area contributed by atoms with Gasteiger partial charge in [0.05, 0.1) is 30.6 Å². The average molecular weight is 476 g/mol. The molecule has 0 spiro atoms. The smallest absolute Gasteiger partial charge is 0.543 e. The van der Waals surface area contributed by atoms with E-state index in [0.717, 1.165) is 46.5 Å². The molecule has 2 heterocycles. The second-order valence-electron chi connectivity index (χ2n) is 6.92. The minimum absolute atomic E-state index is 0. The third-order valence-corrected chi connectivity index (χ3v) is 5.38. The molecule has 30 heavy (non-hydrogen) atoms. The summed E-state index contributed by atoms with van der Waals surface area (Å²) < 4.78 is 12.5. The van der Waals surface area contributed by atoms with Crippen LogP contribution in [0.5, 0.6) is 5.75 Å². The van der Waals surface area contributed by atoms with E-state index in [4.69, 9.17) is 9.47 Å². The van der Waals surface area contributed by atoms with Crippen LogP contribution in [0.1, 0.15) is 16.9 Å². The number of hydrogen-bond acceptors (Lipinski definition) is 5. The fourth-order valence-corrected chi connectivity index (χ4v) is 3.76. The monoisotopic (exact) mass is 475 g/mol. The maximum atomic E-state index is 11.2. The molecule has 0 saturated carbocycles. The standard InChI is InChI=1S/C23H20BrNO4.Na/c24-16-8-9-22(29-14-15-10-11-28-13-15)19(12-16)17-4-1-2-5-18(17)20-6-3-7-21(25-20)23(26)27;/h1-9,12,15H,10-11,13-14H2,(H,26,27);/q;+1/p-1. The fourth-order valence-electron chi connectivity index (χ4n) is 3.40. The summed E-state index contributed by atoms with van der Waals surface area (Å²) in [5.74, 6) is -0.138. The summed E-state index contributed by atoms with van der Waals surface area (Å²) in [5, 5.41) is 11.2. The molecule has 7 heteroatoms. The van der Waals surface area contributed by atoms with Gasteiger partial charge in [0.1, 0.15) is 5.75 Å². The Morgan fingerprint density at radius 3 is 2.63 bits per heavy atom. The first-order valence-corrected chi connectivity index (χ1v) is 10.2. The third kappa shape index (κ3) is 5.31. The second-order valence-corrected chi connectivity index (χ2v) is 7.84. The number of hydrogen-bond donors (Lipinski definition) is 0. The molecule has 1 saturated heterocycles. The van der Waals surface area contributed by atoms with Crippen LogP contribution in [0.25, 0.3) is 22.4 Å². The van der Waals surface area contributed by atoms with E-state index in [-0.39, 0.29) is 35.3 Å². The molecular formula is C23H19BrNNaO4. The number of carbonyl (C=O) groups excluding carboxylic acids is 1. The van der Waals surface area contributed by atoms with Gasteiger partial charge in [-0.3, -0.25) is 0 Å². The minimum atomic E-state index is -1.30. The molecule has 1 aliphatic heterocycles. The molecule has 0 N–H and O–H groups in total. The topological polar surface area (TPSA) is 71.5 Å². The minimum Gasteiger partial charge on any atom is -0.543 e. The number of pyridine rings is 1. The number of benzene rings is 2. The van der Waals surface area contributed by atoms with E-state index in [9.17, 15) is 9.90 Å². The van der Waals surface area contributed by atoms with Gasteiger partial charge >= 0.3 is 29.6 Å². The predicted molar refractivity (Wildman–Crippen MR) is 112 cm³/mol. The van der Waals surface area contributed by atoms with Crippen molar-refractivity contribution in [2.75, 3.05) is 19.8 Å². The molecule has 1 atom stereocenters. The maximum absolute atomic E-state index is 11.2. The zero-order chi connectivity index (χ0) is 20.2. The number of aromatic carboxylic acids is 1. The Kier molecular flexibility index (Phi) is 8.08. The molecule has 3 aromatic rings. The van der Waals surface area contributed by atoms with Crippen LogP contribution in [-0.2, 0) is 4.74 Å². The van der Waals surface area contributed by atoms with E-state index in [1.807, 2.05) is 42.5 Å². The first kappa shape index (κ1) is 23.0. The summed E-state index contributed by atoms with van der Waals surface area (Å²) in [7, 11) is 0. The number of halogens is 1. The van der Waals surface area contributed by atoms with Crippen molar-refractivity contribution in [3.05, 3.63) is 70.8 Å². The molecule has 0 amide bonds. The fraction of sp³-hybridized carbons (Fsp3) is 0.217. The molecule has 0 bridgehead atoms. The van der Waals surface area contributed by atoms with Gasteiger partial charge in [-0.1, -0.05) is 46.3 Å². The molecule has 5 nitrogen and oxygen atoms in total. The molecule has 1 aliphatic rings. The van der Waals surface area contributed by atoms with Crippen LogP contribution in [-0.4, -0.2) is 30.8 Å². The summed E-state index contributed by atoms with van der Waals surface area (Å²) in [5.41, 5.74) is 3.12. The quantitative estimate of drug-likeness (QED) is 0.496. The van der Waals surface area contributed by atoms with Crippen molar-refractivity contribution < 1.29 is 48.9 Å². The van der Waals surface area contributed by atoms with Crippen molar-refractivity contribution in [3.63, 3.8) is 0 Å². The van der Waals surface area contributed by atoms with Gasteiger partial charge < -0.3 is 19.4 Å². The Morgan fingerprint density at radius 2 is 1.90 bits per heavy atom. The first-order valence-electron chi connectivity index (χ1n) is 9.40. The van der Waals surface area contributed by atoms with E-state index < -0.39 is 5.97 Å². The van der Waals surface area contributed by atoms with Crippen molar-refractivity contribution >= 4 is 21.9 Å². The van der Waals surface area contributed by atoms with Crippen molar-refractivity contribution in [1.82, 2.24) is 4.98 Å². The van der Waals surface area contributed by atoms with E-state index in [1.54, 1.807) is 12.1 Å². The van der Waals surface area contributed by atoms with Crippen LogP contribution < -0.4 is 39.4 Å². The largest absolute Gasteiger partial charge is 1.00 e. The van der Waals surface area contributed by atoms with E-state index in [0.29, 0.717) is 18.2 Å². The van der Waals surface area contributed by atoms with Gasteiger partial charge in [0.25, 0.3) is 0 Å². The van der Waals surface area contributed by atoms with Crippen LogP contribution in [0.2, 0.25) is 0 Å². The molecule has 4 rings (SSSR count). The number of aromatic nitrogens is 1. The van der Waals surface area contributed by atoms with Crippen molar-refractivity contribution in [1.29, 1.82) is 0 Å². The summed E-state index contributed by atoms with van der Waals surface area (Å²) in [6.45, 7) is 2.10. The Bertz CT molecular complexity index is 1040. The van der Waals surface area contributed by atoms with Gasteiger partial charge in [0.2, 0.25) is 0 Å². The van der Waals surface area contributed by atoms with Crippen LogP contribution in [0, 0.1) is 5.92 Å². The van der Waals surface area contributed by atoms with Gasteiger partial charge in [-0.2, -0.15) is 0 Å². The SMILES string of the molecule is O=C([O-])c1cccc(-c2ccccc2-c2cc(Br)ccc2OCC2CCOC2)n1.[Na+]. The Hall–Kier alpha value is -1.70. The van der Waals surface area contributed by atoms with E-state index >= 15 is 0 Å². The van der Waals surface area contributed by atoms with Gasteiger partial charge in [-0.25, -0.2) is 4.98 Å². The van der Waals surface area contributed by atoms with E-state index in [1.165, 1.54) is 6.07 Å². The van der Waals surface area contributed by atoms with Crippen molar-refractivity contribution in [2.24, 2.45) is 5.92 Å². The van der Waals surface area contributed by atoms with Gasteiger partial charge in [-0.15, -0.1) is 0 Å². The third-order valence-electron chi connectivity index (χ3n) is 4.89. The number of ether oxygens (including phenoxy) is 2. The molecule has 0 aliphatic carbocycles. The van der Waals surface area contributed by atoms with Gasteiger partial charge in [0, 0.05) is 28.1 Å². The summed E-state index contributed by atoms with van der Waals surface area (Å²) in [6.07, 6.45) is 1.00. The summed E-state index contributed by atoms with van der Waals surface area (Å²) in [6, 6.07) is 18.5. The second kappa shape index (κ2) is 10.6. The van der Waals surface area contributed by atoms with Crippen LogP contribution in [0.3, 0.4) is 0 Å². The number of carbonyl (C=O) groups is 1. The molecule has 0 radical (unpaired) electrons. The van der Waals surface area contributed by atoms with Crippen molar-refractivity contribution in [3.8, 4) is 28.1 Å². The molecule has 1 unspecified atom stereocenters. The number of nitrogens with zero attached hydrogens (tertiary/aromatic N) is 1. The van der Waals surface area contributed by atoms with Gasteiger partial charge in [0.15, 0.2) is 0 Å². The molecule has 148 valence electrons. The number of rotatable bonds is 6. The normalized spacial score (nSPS) is 15.4. The molecule has 2 aromatic carbocycles. The van der Waals surface area contributed by atoms with Crippen LogP contribution >= 0.6 is 15.9 Å². The molecule has 1 aromatic heterocycles. The zero-order valence-electron chi connectivity index (χ0n) is 16.6. The summed E-state index contributed by atoms with van der Waals surface area (Å²) in [4.78, 5) is 15.5. The van der Waals surface area contributed by atoms with Crippen molar-refractivity contribution in [2.45, 2.75) is 6.42 Å². The number of carboxylic acids is 1. The predicted octanol–water partition coefficient (Wildman–Crippen LogP) is 0.961. The van der Waals surface area contributed by atoms with Crippen LogP contribution in [0.4, 0.5) is 0 Å². The Labute approximate surface area is 205 Å². The average Bonchev–Trinajstić information content (AvgIpc) is 3.26. The maximum Gasteiger partial charge on any atom is 1.00 e. The van der Waals surface area contributed by atoms with Crippen LogP contribution in [0.15, 0.2) is 65.1 Å². The Morgan fingerprint density at radius 1 is 1.10 bits per heavy atom. The van der Waals surface area contributed by atoms with Gasteiger partial charge in [-0.05, 0) is 42.3 Å².